The van der Waals surface area contributed by atoms with Gasteiger partial charge in [0.2, 0.25) is 11.7 Å². The van der Waals surface area contributed by atoms with Crippen molar-refractivity contribution >= 4 is 46.4 Å². The first-order valence-corrected chi connectivity index (χ1v) is 11.2. The molecule has 0 unspecified atom stereocenters. The number of nitrogens with one attached hydrogen (secondary N) is 1. The molecule has 3 heterocycles. The minimum atomic E-state index is -0.702. The first-order valence-electron chi connectivity index (χ1n) is 10.5. The Bertz CT molecular complexity index is 977. The topological polar surface area (TPSA) is 87.4 Å². The van der Waals surface area contributed by atoms with Crippen LogP contribution < -0.4 is 16.0 Å². The number of nitrogen functional groups attached to an aromatic ring is 1. The van der Waals surface area contributed by atoms with Gasteiger partial charge in [0.15, 0.2) is 11.6 Å². The Kier molecular flexibility index (Phi) is 6.85. The van der Waals surface area contributed by atoms with E-state index in [9.17, 15) is 13.6 Å². The number of hydrogen-bond donors (Lipinski definition) is 2. The Morgan fingerprint density at radius 2 is 1.91 bits per heavy atom. The van der Waals surface area contributed by atoms with Gasteiger partial charge < -0.3 is 20.9 Å². The summed E-state index contributed by atoms with van der Waals surface area (Å²) in [6, 6.07) is 4.12. The number of hydrogen-bond acceptors (Lipinski definition) is 6. The van der Waals surface area contributed by atoms with Crippen molar-refractivity contribution in [1.29, 1.82) is 0 Å². The number of nitrogens with zero attached hydrogens (tertiary/aromatic N) is 4. The molecule has 2 aliphatic rings. The van der Waals surface area contributed by atoms with Crippen LogP contribution in [0.4, 0.5) is 26.1 Å². The molecule has 2 aromatic rings. The summed E-state index contributed by atoms with van der Waals surface area (Å²) in [6.45, 7) is 0.641. The van der Waals surface area contributed by atoms with Crippen molar-refractivity contribution in [3.05, 3.63) is 40.4 Å². The third-order valence-electron chi connectivity index (χ3n) is 6.09. The van der Waals surface area contributed by atoms with Crippen LogP contribution in [0.15, 0.2) is 24.5 Å². The highest BCUT2D eigenvalue weighted by Crippen LogP contribution is 2.31. The van der Waals surface area contributed by atoms with Crippen LogP contribution in [-0.2, 0) is 4.79 Å². The van der Waals surface area contributed by atoms with E-state index in [1.807, 2.05) is 0 Å². The maximum atomic E-state index is 14.5. The van der Waals surface area contributed by atoms with Gasteiger partial charge in [-0.3, -0.25) is 9.18 Å². The van der Waals surface area contributed by atoms with E-state index in [1.165, 1.54) is 6.33 Å². The predicted octanol–water partition coefficient (Wildman–Crippen LogP) is 3.77. The lowest BCUT2D eigenvalue weighted by molar-refractivity contribution is -0.138. The Labute approximate surface area is 194 Å². The molecule has 2 aliphatic heterocycles. The van der Waals surface area contributed by atoms with Crippen LogP contribution in [-0.4, -0.2) is 59.2 Å². The Balaban J connectivity index is 1.54. The summed E-state index contributed by atoms with van der Waals surface area (Å²) in [5.74, 6) is -1.32. The monoisotopic (exact) mass is 484 g/mol. The van der Waals surface area contributed by atoms with E-state index in [0.29, 0.717) is 41.7 Å². The number of piperidine rings is 2. The summed E-state index contributed by atoms with van der Waals surface area (Å²) in [4.78, 5) is 24.5. The zero-order valence-electron chi connectivity index (χ0n) is 17.3. The van der Waals surface area contributed by atoms with Crippen molar-refractivity contribution in [2.45, 2.75) is 31.3 Å². The summed E-state index contributed by atoms with van der Waals surface area (Å²) in [5, 5.41) is 4.14. The van der Waals surface area contributed by atoms with E-state index < -0.39 is 24.6 Å². The molecule has 1 aromatic heterocycles. The quantitative estimate of drug-likeness (QED) is 0.671. The number of carbonyl (C=O) groups excluding carboxylic acids is 1. The first-order chi connectivity index (χ1) is 15.4. The molecule has 3 atom stereocenters. The Hall–Kier alpha value is -2.39. The molecule has 1 aromatic carbocycles. The largest absolute Gasteiger partial charge is 0.381 e. The molecule has 172 valence electrons. The number of aromatic nitrogens is 2. The van der Waals surface area contributed by atoms with Crippen molar-refractivity contribution < 1.29 is 13.6 Å². The number of amides is 1. The minimum absolute atomic E-state index is 0.0764. The molecule has 2 saturated heterocycles. The molecule has 7 nitrogen and oxygen atoms in total. The van der Waals surface area contributed by atoms with E-state index in [-0.39, 0.29) is 30.0 Å². The zero-order valence-corrected chi connectivity index (χ0v) is 18.8. The Morgan fingerprint density at radius 1 is 1.16 bits per heavy atom. The number of halogens is 4. The second kappa shape index (κ2) is 9.62. The zero-order chi connectivity index (χ0) is 22.8. The highest BCUT2D eigenvalue weighted by molar-refractivity contribution is 6.35. The van der Waals surface area contributed by atoms with Crippen LogP contribution in [0.25, 0.3) is 0 Å². The highest BCUT2D eigenvalue weighted by Gasteiger charge is 2.40. The van der Waals surface area contributed by atoms with Gasteiger partial charge >= 0.3 is 0 Å². The molecule has 0 radical (unpaired) electrons. The molecular weight excluding hydrogens is 461 g/mol. The number of likely N-dealkylation sites (tertiary alicyclic amines) is 1. The minimum Gasteiger partial charge on any atom is -0.381 e. The Morgan fingerprint density at radius 3 is 2.62 bits per heavy atom. The fourth-order valence-corrected chi connectivity index (χ4v) is 5.03. The van der Waals surface area contributed by atoms with Crippen molar-refractivity contribution in [3.63, 3.8) is 0 Å². The fourth-order valence-electron chi connectivity index (χ4n) is 4.50. The molecular formula is C21H24Cl2F2N6O. The van der Waals surface area contributed by atoms with E-state index >= 15 is 0 Å². The van der Waals surface area contributed by atoms with Gasteiger partial charge in [-0.25, -0.2) is 9.97 Å². The van der Waals surface area contributed by atoms with Crippen LogP contribution >= 0.6 is 23.2 Å². The maximum Gasteiger partial charge on any atom is 0.245 e. The first kappa shape index (κ1) is 22.8. The van der Waals surface area contributed by atoms with Gasteiger partial charge in [-0.15, -0.1) is 0 Å². The summed E-state index contributed by atoms with van der Waals surface area (Å²) in [7, 11) is 0. The summed E-state index contributed by atoms with van der Waals surface area (Å²) in [5.41, 5.74) is 6.24. The number of carbonyl (C=O) groups is 1. The molecule has 1 amide bonds. The molecule has 11 heteroatoms. The van der Waals surface area contributed by atoms with E-state index in [4.69, 9.17) is 28.9 Å². The number of alkyl halides is 1. The number of rotatable bonds is 5. The number of nitrogens with two attached hydrogens (primary N) is 1. The lowest BCUT2D eigenvalue weighted by Gasteiger charge is -2.46. The molecule has 2 fully saturated rings. The van der Waals surface area contributed by atoms with Gasteiger partial charge in [-0.05, 0) is 37.5 Å². The molecule has 0 spiro atoms. The van der Waals surface area contributed by atoms with Gasteiger partial charge in [0, 0.05) is 41.3 Å². The predicted molar refractivity (Wildman–Crippen MR) is 121 cm³/mol. The molecule has 0 bridgehead atoms. The van der Waals surface area contributed by atoms with Crippen LogP contribution in [0.5, 0.6) is 0 Å². The molecule has 32 heavy (non-hydrogen) atoms. The van der Waals surface area contributed by atoms with E-state index in [1.54, 1.807) is 28.0 Å². The molecule has 0 saturated carbocycles. The molecule has 4 rings (SSSR count). The maximum absolute atomic E-state index is 14.5. The van der Waals surface area contributed by atoms with Gasteiger partial charge in [0.1, 0.15) is 12.4 Å². The van der Waals surface area contributed by atoms with Crippen molar-refractivity contribution in [1.82, 2.24) is 14.9 Å². The summed E-state index contributed by atoms with van der Waals surface area (Å²) in [6.07, 6.45) is 3.05. The normalized spacial score (nSPS) is 24.0. The average molecular weight is 485 g/mol. The van der Waals surface area contributed by atoms with Gasteiger partial charge in [-0.1, -0.05) is 23.2 Å². The standard InChI is InChI=1S/C21H24Cl2F2N6O/c22-13-6-14(23)8-15(7-13)29-16-2-1-4-31(21(16)32)17-10-30(5-3-12(17)9-24)20-18(25)19(26)27-11-28-20/h6-8,11-12,16-17,29H,1-5,9-10H2,(H2,26,27,28)/t12-,16-,17+/m1/s1. The number of benzene rings is 1. The third kappa shape index (κ3) is 4.68. The van der Waals surface area contributed by atoms with Gasteiger partial charge in [0.05, 0.1) is 12.7 Å². The third-order valence-corrected chi connectivity index (χ3v) is 6.53. The van der Waals surface area contributed by atoms with Gasteiger partial charge in [0.25, 0.3) is 0 Å². The van der Waals surface area contributed by atoms with Crippen molar-refractivity contribution in [3.8, 4) is 0 Å². The van der Waals surface area contributed by atoms with Crippen LogP contribution in [0.2, 0.25) is 10.0 Å². The SMILES string of the molecule is Nc1ncnc(N2CC[C@H](CF)[C@@H](N3CCC[C@@H](Nc4cc(Cl)cc(Cl)c4)C3=O)C2)c1F. The van der Waals surface area contributed by atoms with E-state index in [0.717, 1.165) is 6.42 Å². The average Bonchev–Trinajstić information content (AvgIpc) is 2.76. The van der Waals surface area contributed by atoms with Crippen LogP contribution in [0.3, 0.4) is 0 Å². The van der Waals surface area contributed by atoms with Crippen molar-refractivity contribution in [2.75, 3.05) is 42.3 Å². The molecule has 3 N–H and O–H groups in total. The summed E-state index contributed by atoms with van der Waals surface area (Å²) < 4.78 is 28.4. The van der Waals surface area contributed by atoms with Gasteiger partial charge in [-0.2, -0.15) is 4.39 Å². The van der Waals surface area contributed by atoms with Crippen molar-refractivity contribution in [2.24, 2.45) is 5.92 Å². The van der Waals surface area contributed by atoms with Crippen LogP contribution in [0, 0.1) is 11.7 Å². The lowest BCUT2D eigenvalue weighted by Crippen LogP contribution is -2.60. The van der Waals surface area contributed by atoms with Crippen LogP contribution in [0.1, 0.15) is 19.3 Å². The second-order valence-corrected chi connectivity index (χ2v) is 9.01. The lowest BCUT2D eigenvalue weighted by atomic mass is 9.89. The highest BCUT2D eigenvalue weighted by atomic mass is 35.5. The fraction of sp³-hybridized carbons (Fsp3) is 0.476. The summed E-state index contributed by atoms with van der Waals surface area (Å²) >= 11 is 12.1. The smallest absolute Gasteiger partial charge is 0.245 e. The van der Waals surface area contributed by atoms with E-state index in [2.05, 4.69) is 15.3 Å². The molecule has 0 aliphatic carbocycles. The number of anilines is 3. The second-order valence-electron chi connectivity index (χ2n) is 8.14.